The van der Waals surface area contributed by atoms with Gasteiger partial charge in [-0.15, -0.1) is 0 Å². The zero-order valence-corrected chi connectivity index (χ0v) is 12.3. The van der Waals surface area contributed by atoms with Crippen molar-refractivity contribution in [1.82, 2.24) is 9.88 Å². The van der Waals surface area contributed by atoms with Crippen LogP contribution in [0.5, 0.6) is 0 Å². The van der Waals surface area contributed by atoms with Crippen molar-refractivity contribution in [3.05, 3.63) is 28.0 Å². The molecule has 1 N–H and O–H groups in total. The number of carboxylic acid groups (broad SMARTS) is 1. The molecule has 0 aliphatic rings. The molecule has 1 rings (SSSR count). The van der Waals surface area contributed by atoms with Gasteiger partial charge in [0.25, 0.3) is 5.91 Å². The van der Waals surface area contributed by atoms with Crippen molar-refractivity contribution < 1.29 is 14.7 Å². The molecule has 0 aliphatic carbocycles. The summed E-state index contributed by atoms with van der Waals surface area (Å²) in [6, 6.07) is 2.71. The van der Waals surface area contributed by atoms with E-state index in [-0.39, 0.29) is 15.9 Å². The van der Waals surface area contributed by atoms with Gasteiger partial charge in [0.2, 0.25) is 0 Å². The van der Waals surface area contributed by atoms with Crippen LogP contribution in [0.1, 0.15) is 31.1 Å². The first-order valence-corrected chi connectivity index (χ1v) is 6.23. The van der Waals surface area contributed by atoms with Crippen molar-refractivity contribution in [3.63, 3.8) is 0 Å². The molecule has 0 aromatic carbocycles. The molecule has 1 heterocycles. The van der Waals surface area contributed by atoms with Crippen LogP contribution in [0, 0.1) is 0 Å². The van der Waals surface area contributed by atoms with Gasteiger partial charge in [0.05, 0.1) is 0 Å². The van der Waals surface area contributed by atoms with Crippen LogP contribution in [0.4, 0.5) is 0 Å². The molecule has 1 amide bonds. The Kier molecular flexibility index (Phi) is 4.76. The molecule has 0 bridgehead atoms. The maximum Gasteiger partial charge on any atom is 0.323 e. The lowest BCUT2D eigenvalue weighted by Crippen LogP contribution is -2.48. The molecule has 19 heavy (non-hydrogen) atoms. The smallest absolute Gasteiger partial charge is 0.323 e. The van der Waals surface area contributed by atoms with Crippen LogP contribution in [0.3, 0.4) is 0 Å². The van der Waals surface area contributed by atoms with Gasteiger partial charge in [-0.3, -0.25) is 9.59 Å². The van der Waals surface area contributed by atoms with Crippen LogP contribution in [-0.4, -0.2) is 39.0 Å². The Morgan fingerprint density at radius 1 is 1.26 bits per heavy atom. The normalized spacial score (nSPS) is 11.2. The first-order chi connectivity index (χ1) is 8.61. The van der Waals surface area contributed by atoms with E-state index in [1.807, 2.05) is 0 Å². The average molecular weight is 305 g/mol. The highest BCUT2D eigenvalue weighted by Gasteiger charge is 2.29. The van der Waals surface area contributed by atoms with Crippen molar-refractivity contribution in [3.8, 4) is 0 Å². The van der Waals surface area contributed by atoms with Crippen LogP contribution in [-0.2, 0) is 4.79 Å². The number of carbonyl (C=O) groups is 2. The number of hydrogen-bond acceptors (Lipinski definition) is 3. The van der Waals surface area contributed by atoms with Crippen LogP contribution in [0.15, 0.2) is 12.1 Å². The molecule has 7 heteroatoms. The molecule has 0 spiro atoms. The maximum absolute atomic E-state index is 12.3. The first-order valence-electron chi connectivity index (χ1n) is 5.48. The average Bonchev–Trinajstić information content (AvgIpc) is 2.21. The highest BCUT2D eigenvalue weighted by atomic mass is 35.5. The van der Waals surface area contributed by atoms with Gasteiger partial charge >= 0.3 is 5.97 Å². The Morgan fingerprint density at radius 3 is 2.11 bits per heavy atom. The summed E-state index contributed by atoms with van der Waals surface area (Å²) in [4.78, 5) is 28.2. The van der Waals surface area contributed by atoms with E-state index < -0.39 is 24.0 Å². The minimum absolute atomic E-state index is 0.0834. The van der Waals surface area contributed by atoms with Crippen LogP contribution < -0.4 is 0 Å². The predicted molar refractivity (Wildman–Crippen MR) is 72.7 cm³/mol. The number of pyridine rings is 1. The van der Waals surface area contributed by atoms with Crippen LogP contribution >= 0.6 is 23.2 Å². The highest BCUT2D eigenvalue weighted by Crippen LogP contribution is 2.20. The van der Waals surface area contributed by atoms with Gasteiger partial charge in [0.15, 0.2) is 0 Å². The SMILES string of the molecule is CC(C)(C)N(CC(=O)O)C(=O)c1cc(Cl)nc(Cl)c1. The standard InChI is InChI=1S/C12H14Cl2N2O3/c1-12(2,3)16(6-10(17)18)11(19)7-4-8(13)15-9(14)5-7/h4-5H,6H2,1-3H3,(H,17,18). The number of carbonyl (C=O) groups excluding carboxylic acids is 1. The zero-order valence-electron chi connectivity index (χ0n) is 10.8. The quantitative estimate of drug-likeness (QED) is 0.872. The second kappa shape index (κ2) is 5.75. The summed E-state index contributed by atoms with van der Waals surface area (Å²) in [5.74, 6) is -1.55. The Hall–Kier alpha value is -1.33. The Labute approximate surface area is 121 Å². The largest absolute Gasteiger partial charge is 0.480 e. The van der Waals surface area contributed by atoms with E-state index in [0.717, 1.165) is 0 Å². The zero-order chi connectivity index (χ0) is 14.8. The van der Waals surface area contributed by atoms with Crippen LogP contribution in [0.2, 0.25) is 10.3 Å². The summed E-state index contributed by atoms with van der Waals surface area (Å²) >= 11 is 11.5. The molecule has 5 nitrogen and oxygen atoms in total. The lowest BCUT2D eigenvalue weighted by molar-refractivity contribution is -0.138. The number of aliphatic carboxylic acids is 1. The number of rotatable bonds is 3. The Morgan fingerprint density at radius 2 is 1.74 bits per heavy atom. The number of nitrogens with zero attached hydrogens (tertiary/aromatic N) is 2. The summed E-state index contributed by atoms with van der Waals surface area (Å²) in [5, 5.41) is 9.06. The van der Waals surface area contributed by atoms with Crippen molar-refractivity contribution >= 4 is 35.1 Å². The minimum Gasteiger partial charge on any atom is -0.480 e. The van der Waals surface area contributed by atoms with E-state index in [2.05, 4.69) is 4.98 Å². The number of carboxylic acids is 1. The van der Waals surface area contributed by atoms with Gasteiger partial charge < -0.3 is 10.0 Å². The molecule has 1 aromatic heterocycles. The number of amides is 1. The minimum atomic E-state index is -1.09. The molecule has 0 atom stereocenters. The van der Waals surface area contributed by atoms with Crippen molar-refractivity contribution in [2.45, 2.75) is 26.3 Å². The summed E-state index contributed by atoms with van der Waals surface area (Å²) in [7, 11) is 0. The molecule has 0 saturated heterocycles. The predicted octanol–water partition coefficient (Wildman–Crippen LogP) is 2.71. The number of halogens is 2. The van der Waals surface area contributed by atoms with Gasteiger partial charge in [0.1, 0.15) is 16.9 Å². The molecule has 0 radical (unpaired) electrons. The summed E-state index contributed by atoms with van der Waals surface area (Å²) in [6.45, 7) is 4.84. The van der Waals surface area contributed by atoms with E-state index >= 15 is 0 Å². The Balaban J connectivity index is 3.15. The van der Waals surface area contributed by atoms with Gasteiger partial charge in [-0.05, 0) is 32.9 Å². The van der Waals surface area contributed by atoms with Crippen molar-refractivity contribution in [1.29, 1.82) is 0 Å². The fraction of sp³-hybridized carbons (Fsp3) is 0.417. The third kappa shape index (κ3) is 4.36. The van der Waals surface area contributed by atoms with Gasteiger partial charge in [-0.1, -0.05) is 23.2 Å². The molecule has 0 aliphatic heterocycles. The van der Waals surface area contributed by atoms with E-state index in [9.17, 15) is 9.59 Å². The van der Waals surface area contributed by atoms with Gasteiger partial charge in [-0.25, -0.2) is 4.98 Å². The van der Waals surface area contributed by atoms with Crippen molar-refractivity contribution in [2.24, 2.45) is 0 Å². The third-order valence-corrected chi connectivity index (χ3v) is 2.75. The molecule has 104 valence electrons. The second-order valence-electron chi connectivity index (χ2n) is 4.96. The summed E-state index contributed by atoms with van der Waals surface area (Å²) < 4.78 is 0. The molecular weight excluding hydrogens is 291 g/mol. The second-order valence-corrected chi connectivity index (χ2v) is 5.73. The fourth-order valence-electron chi connectivity index (χ4n) is 1.49. The summed E-state index contributed by atoms with van der Waals surface area (Å²) in [5.41, 5.74) is -0.432. The molecule has 0 fully saturated rings. The fourth-order valence-corrected chi connectivity index (χ4v) is 1.95. The molecule has 1 aromatic rings. The highest BCUT2D eigenvalue weighted by molar-refractivity contribution is 6.33. The topological polar surface area (TPSA) is 70.5 Å². The van der Waals surface area contributed by atoms with Gasteiger partial charge in [0, 0.05) is 11.1 Å². The lowest BCUT2D eigenvalue weighted by atomic mass is 10.0. The summed E-state index contributed by atoms with van der Waals surface area (Å²) in [6.07, 6.45) is 0. The molecule has 0 saturated carbocycles. The first kappa shape index (κ1) is 15.7. The van der Waals surface area contributed by atoms with Crippen molar-refractivity contribution in [2.75, 3.05) is 6.54 Å². The number of aromatic nitrogens is 1. The maximum atomic E-state index is 12.3. The Bertz CT molecular complexity index is 492. The third-order valence-electron chi connectivity index (χ3n) is 2.36. The lowest BCUT2D eigenvalue weighted by Gasteiger charge is -2.34. The van der Waals surface area contributed by atoms with Crippen LogP contribution in [0.25, 0.3) is 0 Å². The number of hydrogen-bond donors (Lipinski definition) is 1. The van der Waals surface area contributed by atoms with E-state index in [0.29, 0.717) is 0 Å². The van der Waals surface area contributed by atoms with E-state index in [4.69, 9.17) is 28.3 Å². The monoisotopic (exact) mass is 304 g/mol. The van der Waals surface area contributed by atoms with Gasteiger partial charge in [-0.2, -0.15) is 0 Å². The van der Waals surface area contributed by atoms with E-state index in [1.165, 1.54) is 17.0 Å². The molecule has 0 unspecified atom stereocenters. The van der Waals surface area contributed by atoms with E-state index in [1.54, 1.807) is 20.8 Å². The molecular formula is C12H14Cl2N2O3.